The number of aliphatic hydroxyl groups is 1. The molecule has 1 atom stereocenters. The zero-order valence-corrected chi connectivity index (χ0v) is 13.8. The minimum atomic E-state index is -3.47. The molecular weight excluding hydrogens is 290 g/mol. The quantitative estimate of drug-likeness (QED) is 0.758. The van der Waals surface area contributed by atoms with Gasteiger partial charge in [0.05, 0.1) is 11.5 Å². The molecule has 1 aromatic rings. The van der Waals surface area contributed by atoms with E-state index in [9.17, 15) is 8.42 Å². The van der Waals surface area contributed by atoms with Crippen LogP contribution in [0.3, 0.4) is 0 Å². The summed E-state index contributed by atoms with van der Waals surface area (Å²) in [7, 11) is -3.47. The first-order valence-electron chi connectivity index (χ1n) is 7.29. The van der Waals surface area contributed by atoms with Crippen LogP contribution in [-0.4, -0.2) is 44.1 Å². The number of hydrogen-bond donors (Lipinski definition) is 1. The Morgan fingerprint density at radius 3 is 2.33 bits per heavy atom. The average Bonchev–Trinajstić information content (AvgIpc) is 2.50. The van der Waals surface area contributed by atoms with Crippen molar-refractivity contribution in [3.05, 3.63) is 24.3 Å². The molecule has 0 aliphatic carbocycles. The smallest absolute Gasteiger partial charge is 0.243 e. The van der Waals surface area contributed by atoms with Crippen molar-refractivity contribution in [2.24, 2.45) is 5.92 Å². The number of sulfonamides is 1. The maximum absolute atomic E-state index is 12.6. The molecule has 0 bridgehead atoms. The lowest BCUT2D eigenvalue weighted by Crippen LogP contribution is -2.34. The first-order valence-corrected chi connectivity index (χ1v) is 8.73. The molecule has 0 aliphatic heterocycles. The van der Waals surface area contributed by atoms with Gasteiger partial charge in [-0.1, -0.05) is 27.2 Å². The number of nitrogens with zero attached hydrogens (tertiary/aromatic N) is 1. The third-order valence-electron chi connectivity index (χ3n) is 3.39. The fraction of sp³-hybridized carbons (Fsp3) is 0.600. The lowest BCUT2D eigenvalue weighted by Gasteiger charge is -2.23. The van der Waals surface area contributed by atoms with Gasteiger partial charge in [0.25, 0.3) is 0 Å². The van der Waals surface area contributed by atoms with Crippen LogP contribution < -0.4 is 4.74 Å². The lowest BCUT2D eigenvalue weighted by molar-refractivity contribution is 0.201. The summed E-state index contributed by atoms with van der Waals surface area (Å²) in [4.78, 5) is 0.268. The van der Waals surface area contributed by atoms with Crippen molar-refractivity contribution in [1.82, 2.24) is 4.31 Å². The van der Waals surface area contributed by atoms with Crippen molar-refractivity contribution >= 4 is 10.0 Å². The summed E-state index contributed by atoms with van der Waals surface area (Å²) in [5.41, 5.74) is 0. The molecule has 0 radical (unpaired) electrons. The number of rotatable bonds is 9. The molecule has 6 heteroatoms. The zero-order valence-electron chi connectivity index (χ0n) is 12.9. The van der Waals surface area contributed by atoms with Gasteiger partial charge in [-0.15, -0.1) is 0 Å². The van der Waals surface area contributed by atoms with Gasteiger partial charge in [0.2, 0.25) is 10.0 Å². The van der Waals surface area contributed by atoms with Gasteiger partial charge < -0.3 is 9.84 Å². The molecule has 21 heavy (non-hydrogen) atoms. The van der Waals surface area contributed by atoms with Crippen LogP contribution in [0.25, 0.3) is 0 Å². The molecule has 0 amide bonds. The maximum atomic E-state index is 12.6. The van der Waals surface area contributed by atoms with E-state index in [0.29, 0.717) is 24.8 Å². The minimum absolute atomic E-state index is 0.0709. The van der Waals surface area contributed by atoms with Crippen LogP contribution in [0.5, 0.6) is 5.75 Å². The predicted molar refractivity (Wildman–Crippen MR) is 82.9 cm³/mol. The third kappa shape index (κ3) is 4.98. The minimum Gasteiger partial charge on any atom is -0.491 e. The van der Waals surface area contributed by atoms with E-state index >= 15 is 0 Å². The van der Waals surface area contributed by atoms with Crippen molar-refractivity contribution in [1.29, 1.82) is 0 Å². The van der Waals surface area contributed by atoms with Crippen LogP contribution >= 0.6 is 0 Å². The number of benzene rings is 1. The molecule has 0 saturated heterocycles. The molecule has 1 N–H and O–H groups in total. The van der Waals surface area contributed by atoms with E-state index in [0.717, 1.165) is 6.42 Å². The van der Waals surface area contributed by atoms with Crippen LogP contribution in [0.15, 0.2) is 29.2 Å². The molecule has 1 unspecified atom stereocenters. The van der Waals surface area contributed by atoms with Gasteiger partial charge >= 0.3 is 0 Å². The number of ether oxygens (including phenoxy) is 1. The van der Waals surface area contributed by atoms with Crippen LogP contribution in [0.2, 0.25) is 0 Å². The van der Waals surface area contributed by atoms with E-state index in [2.05, 4.69) is 6.92 Å². The molecule has 0 spiro atoms. The Morgan fingerprint density at radius 1 is 1.24 bits per heavy atom. The van der Waals surface area contributed by atoms with Crippen molar-refractivity contribution in [2.75, 3.05) is 26.3 Å². The Labute approximate surface area is 127 Å². The lowest BCUT2D eigenvalue weighted by atomic mass is 10.1. The highest BCUT2D eigenvalue weighted by molar-refractivity contribution is 7.89. The molecule has 0 aromatic heterocycles. The van der Waals surface area contributed by atoms with Crippen LogP contribution in [0.4, 0.5) is 0 Å². The highest BCUT2D eigenvalue weighted by atomic mass is 32.2. The fourth-order valence-electron chi connectivity index (χ4n) is 1.89. The summed E-state index contributed by atoms with van der Waals surface area (Å²) < 4.78 is 31.9. The number of aliphatic hydroxyl groups excluding tert-OH is 1. The summed E-state index contributed by atoms with van der Waals surface area (Å²) in [6.07, 6.45) is 0.944. The van der Waals surface area contributed by atoms with E-state index in [1.54, 1.807) is 24.3 Å². The summed E-state index contributed by atoms with van der Waals surface area (Å²) in [6, 6.07) is 6.31. The Bertz CT molecular complexity index is 513. The summed E-state index contributed by atoms with van der Waals surface area (Å²) >= 11 is 0. The normalized spacial score (nSPS) is 13.4. The van der Waals surface area contributed by atoms with Gasteiger partial charge in [-0.25, -0.2) is 8.42 Å². The molecule has 0 saturated carbocycles. The Morgan fingerprint density at radius 2 is 1.86 bits per heavy atom. The Balaban J connectivity index is 2.89. The van der Waals surface area contributed by atoms with E-state index in [-0.39, 0.29) is 18.1 Å². The van der Waals surface area contributed by atoms with E-state index in [1.807, 2.05) is 13.8 Å². The van der Waals surface area contributed by atoms with Gasteiger partial charge in [-0.2, -0.15) is 4.31 Å². The Hall–Kier alpha value is -1.11. The predicted octanol–water partition coefficient (Wildman–Crippen LogP) is 2.11. The van der Waals surface area contributed by atoms with Crippen molar-refractivity contribution in [3.8, 4) is 5.75 Å². The molecule has 0 fully saturated rings. The van der Waals surface area contributed by atoms with Crippen molar-refractivity contribution < 1.29 is 18.3 Å². The van der Waals surface area contributed by atoms with Gasteiger partial charge in [0, 0.05) is 13.1 Å². The molecule has 5 nitrogen and oxygen atoms in total. The fourth-order valence-corrected chi connectivity index (χ4v) is 3.46. The maximum Gasteiger partial charge on any atom is 0.243 e. The van der Waals surface area contributed by atoms with Gasteiger partial charge in [-0.3, -0.25) is 0 Å². The highest BCUT2D eigenvalue weighted by Crippen LogP contribution is 2.21. The van der Waals surface area contributed by atoms with Crippen molar-refractivity contribution in [3.63, 3.8) is 0 Å². The first kappa shape index (κ1) is 17.9. The largest absolute Gasteiger partial charge is 0.491 e. The first-order chi connectivity index (χ1) is 9.95. The second kappa shape index (κ2) is 8.36. The molecule has 0 aliphatic rings. The summed E-state index contributed by atoms with van der Waals surface area (Å²) in [5, 5.41) is 8.70. The van der Waals surface area contributed by atoms with E-state index in [4.69, 9.17) is 9.84 Å². The third-order valence-corrected chi connectivity index (χ3v) is 5.34. The second-order valence-electron chi connectivity index (χ2n) is 5.01. The summed E-state index contributed by atoms with van der Waals surface area (Å²) in [6.45, 7) is 7.05. The standard InChI is InChI=1S/C15H25NO4S/c1-4-13(3)12-16(5-2)21(18,19)15-8-6-14(7-9-15)20-11-10-17/h6-9,13,17H,4-5,10-12H2,1-3H3. The second-order valence-corrected chi connectivity index (χ2v) is 6.95. The number of hydrogen-bond acceptors (Lipinski definition) is 4. The van der Waals surface area contributed by atoms with E-state index in [1.165, 1.54) is 4.31 Å². The van der Waals surface area contributed by atoms with Crippen LogP contribution in [0, 0.1) is 5.92 Å². The van der Waals surface area contributed by atoms with Gasteiger partial charge in [0.15, 0.2) is 0 Å². The van der Waals surface area contributed by atoms with Gasteiger partial charge in [0.1, 0.15) is 12.4 Å². The van der Waals surface area contributed by atoms with Gasteiger partial charge in [-0.05, 0) is 30.2 Å². The average molecular weight is 315 g/mol. The monoisotopic (exact) mass is 315 g/mol. The SMILES string of the molecule is CCC(C)CN(CC)S(=O)(=O)c1ccc(OCCO)cc1. The Kier molecular flexibility index (Phi) is 7.14. The molecule has 0 heterocycles. The highest BCUT2D eigenvalue weighted by Gasteiger charge is 2.24. The zero-order chi connectivity index (χ0) is 15.9. The topological polar surface area (TPSA) is 66.8 Å². The van der Waals surface area contributed by atoms with Crippen LogP contribution in [0.1, 0.15) is 27.2 Å². The van der Waals surface area contributed by atoms with E-state index < -0.39 is 10.0 Å². The molecule has 1 aromatic carbocycles. The molecular formula is C15H25NO4S. The summed E-state index contributed by atoms with van der Waals surface area (Å²) in [5.74, 6) is 0.875. The molecule has 120 valence electrons. The molecule has 1 rings (SSSR count). The van der Waals surface area contributed by atoms with Crippen LogP contribution in [-0.2, 0) is 10.0 Å². The van der Waals surface area contributed by atoms with Crippen molar-refractivity contribution in [2.45, 2.75) is 32.1 Å².